The minimum absolute atomic E-state index is 0.0356. The van der Waals surface area contributed by atoms with Crippen LogP contribution in [0.3, 0.4) is 0 Å². The lowest BCUT2D eigenvalue weighted by Crippen LogP contribution is -2.55. The van der Waals surface area contributed by atoms with Gasteiger partial charge in [0.25, 0.3) is 5.91 Å². The smallest absolute Gasteiger partial charge is 0.313 e. The third-order valence-corrected chi connectivity index (χ3v) is 10.4. The lowest BCUT2D eigenvalue weighted by Gasteiger charge is -2.35. The minimum atomic E-state index is -1.43. The maximum Gasteiger partial charge on any atom is 0.313 e. The summed E-state index contributed by atoms with van der Waals surface area (Å²) in [5, 5.41) is 14.4. The summed E-state index contributed by atoms with van der Waals surface area (Å²) in [5.74, 6) is -3.47. The van der Waals surface area contributed by atoms with E-state index in [-0.39, 0.29) is 43.8 Å². The first-order chi connectivity index (χ1) is 24.3. The average Bonchev–Trinajstić information content (AvgIpc) is 3.50. The SMILES string of the molecule is C[C@@H]1NC(=O)CC/C=C\[C@@H]2O[C@@]34C=CCN(c5ccc6ccccc6c5)C(=O)[C@@H]3N(CCCCCO)C(=O)[C@H]4[C@@H]2C(=O)O[C@H]1c1ccccc1. The molecule has 0 aliphatic carbocycles. The second kappa shape index (κ2) is 14.2. The van der Waals surface area contributed by atoms with Crippen LogP contribution in [0.1, 0.15) is 50.7 Å². The molecule has 0 unspecified atom stereocenters. The number of aliphatic hydroxyl groups excluding tert-OH is 1. The molecular formula is C40H43N3O7. The Morgan fingerprint density at radius 3 is 2.48 bits per heavy atom. The number of hydrogen-bond acceptors (Lipinski definition) is 7. The molecule has 0 bridgehead atoms. The van der Waals surface area contributed by atoms with Crippen LogP contribution in [0.2, 0.25) is 0 Å². The Hall–Kier alpha value is -4.80. The molecule has 0 radical (unpaired) electrons. The molecule has 7 atom stereocenters. The summed E-state index contributed by atoms with van der Waals surface area (Å²) in [6.45, 7) is 2.37. The Morgan fingerprint density at radius 2 is 1.68 bits per heavy atom. The van der Waals surface area contributed by atoms with Crippen molar-refractivity contribution in [3.8, 4) is 0 Å². The van der Waals surface area contributed by atoms with Crippen LogP contribution >= 0.6 is 0 Å². The summed E-state index contributed by atoms with van der Waals surface area (Å²) in [6.07, 6.45) is 8.01. The monoisotopic (exact) mass is 677 g/mol. The van der Waals surface area contributed by atoms with Crippen LogP contribution in [-0.2, 0) is 28.7 Å². The van der Waals surface area contributed by atoms with Crippen molar-refractivity contribution in [2.24, 2.45) is 11.8 Å². The van der Waals surface area contributed by atoms with Crippen molar-refractivity contribution in [1.82, 2.24) is 10.2 Å². The Labute approximate surface area is 291 Å². The van der Waals surface area contributed by atoms with Gasteiger partial charge in [-0.2, -0.15) is 0 Å². The Morgan fingerprint density at radius 1 is 0.900 bits per heavy atom. The number of carbonyl (C=O) groups is 4. The highest BCUT2D eigenvalue weighted by Crippen LogP contribution is 2.53. The number of cyclic esters (lactones) is 1. The van der Waals surface area contributed by atoms with Gasteiger partial charge in [0.1, 0.15) is 23.7 Å². The number of esters is 1. The van der Waals surface area contributed by atoms with Crippen LogP contribution < -0.4 is 10.2 Å². The number of rotatable bonds is 7. The number of likely N-dealkylation sites (tertiary alicyclic amines) is 1. The minimum Gasteiger partial charge on any atom is -0.455 e. The van der Waals surface area contributed by atoms with Gasteiger partial charge in [0.2, 0.25) is 11.8 Å². The van der Waals surface area contributed by atoms with E-state index in [9.17, 15) is 24.3 Å². The van der Waals surface area contributed by atoms with Crippen molar-refractivity contribution >= 4 is 40.2 Å². The molecular weight excluding hydrogens is 634 g/mol. The van der Waals surface area contributed by atoms with Crippen LogP contribution in [0.4, 0.5) is 5.69 Å². The van der Waals surface area contributed by atoms with Crippen LogP contribution in [0.25, 0.3) is 10.8 Å². The van der Waals surface area contributed by atoms with Gasteiger partial charge in [-0.3, -0.25) is 19.2 Å². The number of fused-ring (bicyclic) bond motifs is 3. The number of nitrogens with zero attached hydrogens (tertiary/aromatic N) is 2. The summed E-state index contributed by atoms with van der Waals surface area (Å²) in [7, 11) is 0. The van der Waals surface area contributed by atoms with Gasteiger partial charge in [0, 0.05) is 31.8 Å². The van der Waals surface area contributed by atoms with E-state index in [1.54, 1.807) is 28.9 Å². The molecule has 2 fully saturated rings. The molecule has 3 aromatic carbocycles. The molecule has 2 N–H and O–H groups in total. The molecule has 0 aromatic heterocycles. The number of allylic oxidation sites excluding steroid dienone is 1. The van der Waals surface area contributed by atoms with Gasteiger partial charge in [-0.1, -0.05) is 85.0 Å². The largest absolute Gasteiger partial charge is 0.455 e. The summed E-state index contributed by atoms with van der Waals surface area (Å²) >= 11 is 0. The Balaban J connectivity index is 1.29. The highest BCUT2D eigenvalue weighted by atomic mass is 16.6. The van der Waals surface area contributed by atoms with Gasteiger partial charge < -0.3 is 29.7 Å². The zero-order valence-corrected chi connectivity index (χ0v) is 28.1. The summed E-state index contributed by atoms with van der Waals surface area (Å²) in [6, 6.07) is 21.5. The third-order valence-electron chi connectivity index (χ3n) is 10.4. The average molecular weight is 678 g/mol. The first-order valence-corrected chi connectivity index (χ1v) is 17.6. The molecule has 4 aliphatic rings. The Kier molecular flexibility index (Phi) is 9.57. The number of carbonyl (C=O) groups excluding carboxylic acids is 4. The predicted octanol–water partition coefficient (Wildman–Crippen LogP) is 4.63. The second-order valence-corrected chi connectivity index (χ2v) is 13.6. The molecule has 10 heteroatoms. The maximum atomic E-state index is 14.9. The van der Waals surface area contributed by atoms with Crippen molar-refractivity contribution in [3.63, 3.8) is 0 Å². The molecule has 50 heavy (non-hydrogen) atoms. The fourth-order valence-corrected chi connectivity index (χ4v) is 8.09. The van der Waals surface area contributed by atoms with E-state index in [0.29, 0.717) is 36.9 Å². The van der Waals surface area contributed by atoms with Gasteiger partial charge in [0.05, 0.1) is 18.1 Å². The van der Waals surface area contributed by atoms with E-state index in [0.717, 1.165) is 10.8 Å². The first-order valence-electron chi connectivity index (χ1n) is 17.6. The first kappa shape index (κ1) is 33.7. The van der Waals surface area contributed by atoms with E-state index in [4.69, 9.17) is 9.47 Å². The molecule has 7 rings (SSSR count). The number of amides is 3. The van der Waals surface area contributed by atoms with Crippen LogP contribution in [-0.4, -0.2) is 77.2 Å². The molecule has 260 valence electrons. The lowest BCUT2D eigenvalue weighted by molar-refractivity contribution is -0.161. The zero-order valence-electron chi connectivity index (χ0n) is 28.1. The number of hydrogen-bond donors (Lipinski definition) is 2. The number of benzene rings is 3. The van der Waals surface area contributed by atoms with Crippen LogP contribution in [0.15, 0.2) is 97.1 Å². The van der Waals surface area contributed by atoms with E-state index in [1.807, 2.05) is 84.9 Å². The van der Waals surface area contributed by atoms with Crippen LogP contribution in [0.5, 0.6) is 0 Å². The summed E-state index contributed by atoms with van der Waals surface area (Å²) in [4.78, 5) is 60.2. The molecule has 3 aromatic rings. The molecule has 4 aliphatic heterocycles. The van der Waals surface area contributed by atoms with Gasteiger partial charge >= 0.3 is 5.97 Å². The summed E-state index contributed by atoms with van der Waals surface area (Å²) < 4.78 is 13.1. The van der Waals surface area contributed by atoms with Gasteiger partial charge in [-0.15, -0.1) is 0 Å². The van der Waals surface area contributed by atoms with E-state index < -0.39 is 47.7 Å². The number of nitrogens with one attached hydrogen (secondary N) is 1. The quantitative estimate of drug-likeness (QED) is 0.212. The molecule has 4 heterocycles. The molecule has 2 saturated heterocycles. The van der Waals surface area contributed by atoms with Crippen molar-refractivity contribution in [3.05, 3.63) is 103 Å². The topological polar surface area (TPSA) is 125 Å². The van der Waals surface area contributed by atoms with Crippen molar-refractivity contribution in [1.29, 1.82) is 0 Å². The highest BCUT2D eigenvalue weighted by Gasteiger charge is 2.71. The second-order valence-electron chi connectivity index (χ2n) is 13.6. The van der Waals surface area contributed by atoms with Crippen LogP contribution in [0, 0.1) is 11.8 Å². The molecule has 0 saturated carbocycles. The number of anilines is 1. The number of unbranched alkanes of at least 4 members (excludes halogenated alkanes) is 2. The highest BCUT2D eigenvalue weighted by molar-refractivity contribution is 6.06. The molecule has 3 amide bonds. The standard InChI is InChI=1S/C40H43N3O7/c1-26-35(28-14-4-2-5-15-28)49-39(48)33-31(17-8-9-18-32(45)41-26)50-40-21-12-23-42(30-20-19-27-13-6-7-16-29(27)25-30)38(47)36(40)43(37(46)34(33)40)22-10-3-11-24-44/h2,4-8,12-17,19-21,25-26,31,33-36,44H,3,9-11,18,22-24H2,1H3,(H,41,45)/b17-8-/t26-,31-,33+,34+,35+,36-,40+/m0/s1. The zero-order chi connectivity index (χ0) is 34.8. The van der Waals surface area contributed by atoms with Gasteiger partial charge in [-0.05, 0) is 61.1 Å². The Bertz CT molecular complexity index is 1830. The maximum absolute atomic E-state index is 14.9. The lowest BCUT2D eigenvalue weighted by atomic mass is 9.77. The van der Waals surface area contributed by atoms with E-state index in [1.165, 1.54) is 0 Å². The summed E-state index contributed by atoms with van der Waals surface area (Å²) in [5.41, 5.74) is -0.0207. The predicted molar refractivity (Wildman–Crippen MR) is 188 cm³/mol. The third kappa shape index (κ3) is 6.11. The molecule has 1 spiro atoms. The number of aliphatic hydroxyl groups is 1. The number of ether oxygens (including phenoxy) is 2. The van der Waals surface area contributed by atoms with E-state index in [2.05, 4.69) is 5.32 Å². The van der Waals surface area contributed by atoms with Gasteiger partial charge in [-0.25, -0.2) is 0 Å². The van der Waals surface area contributed by atoms with Crippen molar-refractivity contribution in [2.45, 2.75) is 68.9 Å². The molecule has 10 nitrogen and oxygen atoms in total. The van der Waals surface area contributed by atoms with E-state index >= 15 is 0 Å². The normalized spacial score (nSPS) is 30.4. The fraction of sp³-hybridized carbons (Fsp3) is 0.400. The van der Waals surface area contributed by atoms with Crippen molar-refractivity contribution in [2.75, 3.05) is 24.6 Å². The van der Waals surface area contributed by atoms with Gasteiger partial charge in [0.15, 0.2) is 0 Å². The fourth-order valence-electron chi connectivity index (χ4n) is 8.09. The van der Waals surface area contributed by atoms with Crippen molar-refractivity contribution < 1.29 is 33.8 Å².